The van der Waals surface area contributed by atoms with Gasteiger partial charge in [0.1, 0.15) is 13.2 Å². The number of aliphatic hydroxyl groups is 1. The van der Waals surface area contributed by atoms with Gasteiger partial charge >= 0.3 is 5.97 Å². The minimum absolute atomic E-state index is 0.0321. The number of carbonyl (C=O) groups excluding carboxylic acids is 1. The van der Waals surface area contributed by atoms with Gasteiger partial charge in [-0.05, 0) is 23.8 Å². The van der Waals surface area contributed by atoms with E-state index in [4.69, 9.17) is 23.7 Å². The van der Waals surface area contributed by atoms with E-state index in [2.05, 4.69) is 0 Å². The lowest BCUT2D eigenvalue weighted by Crippen LogP contribution is -2.39. The molecule has 0 spiro atoms. The van der Waals surface area contributed by atoms with Gasteiger partial charge in [0, 0.05) is 20.0 Å². The van der Waals surface area contributed by atoms with Gasteiger partial charge in [-0.15, -0.1) is 0 Å². The second-order valence-electron chi connectivity index (χ2n) is 6.79. The molecule has 0 bridgehead atoms. The van der Waals surface area contributed by atoms with Crippen LogP contribution in [-0.4, -0.2) is 50.4 Å². The van der Waals surface area contributed by atoms with E-state index in [1.165, 1.54) is 14.2 Å². The van der Waals surface area contributed by atoms with Crippen LogP contribution in [0.5, 0.6) is 11.5 Å². The van der Waals surface area contributed by atoms with Crippen LogP contribution in [-0.2, 0) is 20.8 Å². The number of rotatable bonds is 8. The molecule has 1 saturated heterocycles. The average molecular weight is 402 g/mol. The largest absolute Gasteiger partial charge is 0.493 e. The monoisotopic (exact) mass is 402 g/mol. The Kier molecular flexibility index (Phi) is 7.46. The summed E-state index contributed by atoms with van der Waals surface area (Å²) in [6, 6.07) is 14.7. The number of aliphatic hydroxyl groups excluding tert-OH is 1. The number of benzene rings is 2. The molecule has 1 heterocycles. The Morgan fingerprint density at radius 2 is 1.90 bits per heavy atom. The van der Waals surface area contributed by atoms with E-state index >= 15 is 0 Å². The quantitative estimate of drug-likeness (QED) is 0.680. The van der Waals surface area contributed by atoms with Crippen LogP contribution in [0.4, 0.5) is 0 Å². The normalized spacial score (nSPS) is 21.4. The van der Waals surface area contributed by atoms with Crippen molar-refractivity contribution in [2.45, 2.75) is 37.9 Å². The van der Waals surface area contributed by atoms with Crippen LogP contribution >= 0.6 is 0 Å². The molecular formula is C22H26O7. The smallest absolute Gasteiger partial charge is 0.338 e. The second-order valence-corrected chi connectivity index (χ2v) is 6.79. The maximum atomic E-state index is 12.4. The van der Waals surface area contributed by atoms with Crippen LogP contribution in [0, 0.1) is 0 Å². The minimum Gasteiger partial charge on any atom is -0.493 e. The molecule has 1 N–H and O–H groups in total. The molecule has 0 amide bonds. The molecule has 1 aliphatic rings. The summed E-state index contributed by atoms with van der Waals surface area (Å²) in [6.07, 6.45) is -0.657. The van der Waals surface area contributed by atoms with Crippen molar-refractivity contribution in [2.24, 2.45) is 0 Å². The van der Waals surface area contributed by atoms with Crippen molar-refractivity contribution in [1.82, 2.24) is 0 Å². The fourth-order valence-electron chi connectivity index (χ4n) is 3.11. The molecule has 0 saturated carbocycles. The molecule has 2 aromatic carbocycles. The molecular weight excluding hydrogens is 376 g/mol. The van der Waals surface area contributed by atoms with Gasteiger partial charge in [-0.25, -0.2) is 4.79 Å². The van der Waals surface area contributed by atoms with Gasteiger partial charge in [-0.1, -0.05) is 30.3 Å². The first-order valence-corrected chi connectivity index (χ1v) is 9.47. The zero-order valence-corrected chi connectivity index (χ0v) is 16.6. The predicted molar refractivity (Wildman–Crippen MR) is 105 cm³/mol. The molecule has 7 nitrogen and oxygen atoms in total. The summed E-state index contributed by atoms with van der Waals surface area (Å²) in [5.41, 5.74) is 1.37. The van der Waals surface area contributed by atoms with E-state index in [0.717, 1.165) is 5.56 Å². The van der Waals surface area contributed by atoms with Crippen molar-refractivity contribution >= 4 is 5.97 Å². The fourth-order valence-corrected chi connectivity index (χ4v) is 3.11. The SMILES string of the molecule is COc1cc(C(=O)OCC2CC(O)CC(OC)O2)ccc1OCc1ccccc1. The van der Waals surface area contributed by atoms with Crippen molar-refractivity contribution in [2.75, 3.05) is 20.8 Å². The Labute approximate surface area is 170 Å². The summed E-state index contributed by atoms with van der Waals surface area (Å²) < 4.78 is 27.3. The average Bonchev–Trinajstić information content (AvgIpc) is 2.76. The van der Waals surface area contributed by atoms with Crippen LogP contribution in [0.3, 0.4) is 0 Å². The third-order valence-corrected chi connectivity index (χ3v) is 4.64. The fraction of sp³-hybridized carbons (Fsp3) is 0.409. The predicted octanol–water partition coefficient (Wildman–Crippen LogP) is 2.94. The first-order valence-electron chi connectivity index (χ1n) is 9.47. The van der Waals surface area contributed by atoms with Crippen LogP contribution in [0.15, 0.2) is 48.5 Å². The number of ether oxygens (including phenoxy) is 5. The van der Waals surface area contributed by atoms with Gasteiger partial charge in [0.2, 0.25) is 0 Å². The number of hydrogen-bond acceptors (Lipinski definition) is 7. The first kappa shape index (κ1) is 21.1. The molecule has 1 aliphatic heterocycles. The summed E-state index contributed by atoms with van der Waals surface area (Å²) in [5, 5.41) is 9.86. The molecule has 0 aromatic heterocycles. The first-order chi connectivity index (χ1) is 14.1. The van der Waals surface area contributed by atoms with Crippen LogP contribution in [0.1, 0.15) is 28.8 Å². The van der Waals surface area contributed by atoms with Crippen molar-refractivity contribution < 1.29 is 33.6 Å². The molecule has 29 heavy (non-hydrogen) atoms. The highest BCUT2D eigenvalue weighted by atomic mass is 16.7. The Balaban J connectivity index is 1.57. The van der Waals surface area contributed by atoms with Gasteiger partial charge < -0.3 is 28.8 Å². The van der Waals surface area contributed by atoms with E-state index in [1.807, 2.05) is 30.3 Å². The maximum Gasteiger partial charge on any atom is 0.338 e. The van der Waals surface area contributed by atoms with Gasteiger partial charge in [0.05, 0.1) is 24.9 Å². The zero-order valence-electron chi connectivity index (χ0n) is 16.6. The van der Waals surface area contributed by atoms with E-state index < -0.39 is 24.5 Å². The number of esters is 1. The summed E-state index contributed by atoms with van der Waals surface area (Å²) in [7, 11) is 3.03. The van der Waals surface area contributed by atoms with E-state index in [-0.39, 0.29) is 6.61 Å². The highest BCUT2D eigenvalue weighted by Crippen LogP contribution is 2.29. The van der Waals surface area contributed by atoms with Crippen LogP contribution < -0.4 is 9.47 Å². The molecule has 3 atom stereocenters. The minimum atomic E-state index is -0.543. The van der Waals surface area contributed by atoms with Gasteiger partial charge in [-0.2, -0.15) is 0 Å². The van der Waals surface area contributed by atoms with Crippen LogP contribution in [0.25, 0.3) is 0 Å². The lowest BCUT2D eigenvalue weighted by Gasteiger charge is -2.31. The van der Waals surface area contributed by atoms with Crippen molar-refractivity contribution in [3.05, 3.63) is 59.7 Å². The standard InChI is InChI=1S/C22H26O7/c1-25-20-10-16(8-9-19(20)27-13-15-6-4-3-5-7-15)22(24)28-14-18-11-17(23)12-21(26-2)29-18/h3-10,17-18,21,23H,11-14H2,1-2H3. The summed E-state index contributed by atoms with van der Waals surface area (Å²) in [5.74, 6) is 0.476. The number of methoxy groups -OCH3 is 2. The number of carbonyl (C=O) groups is 1. The van der Waals surface area contributed by atoms with Crippen molar-refractivity contribution in [3.63, 3.8) is 0 Å². The van der Waals surface area contributed by atoms with Gasteiger partial charge in [0.15, 0.2) is 17.8 Å². The Morgan fingerprint density at radius 1 is 1.10 bits per heavy atom. The molecule has 2 aromatic rings. The van der Waals surface area contributed by atoms with Crippen molar-refractivity contribution in [3.8, 4) is 11.5 Å². The lowest BCUT2D eigenvalue weighted by atomic mass is 10.1. The highest BCUT2D eigenvalue weighted by molar-refractivity contribution is 5.90. The second kappa shape index (κ2) is 10.2. The summed E-state index contributed by atoms with van der Waals surface area (Å²) in [6.45, 7) is 0.424. The Morgan fingerprint density at radius 3 is 2.62 bits per heavy atom. The third-order valence-electron chi connectivity index (χ3n) is 4.64. The van der Waals surface area contributed by atoms with Gasteiger partial charge in [-0.3, -0.25) is 0 Å². The van der Waals surface area contributed by atoms with E-state index in [1.54, 1.807) is 18.2 Å². The van der Waals surface area contributed by atoms with Crippen molar-refractivity contribution in [1.29, 1.82) is 0 Å². The molecule has 1 fully saturated rings. The molecule has 3 unspecified atom stereocenters. The summed E-state index contributed by atoms with van der Waals surface area (Å²) in [4.78, 5) is 12.4. The van der Waals surface area contributed by atoms with E-state index in [9.17, 15) is 9.90 Å². The number of hydrogen-bond donors (Lipinski definition) is 1. The van der Waals surface area contributed by atoms with Gasteiger partial charge in [0.25, 0.3) is 0 Å². The molecule has 0 aliphatic carbocycles. The summed E-state index contributed by atoms with van der Waals surface area (Å²) >= 11 is 0. The van der Waals surface area contributed by atoms with Crippen LogP contribution in [0.2, 0.25) is 0 Å². The van der Waals surface area contributed by atoms with E-state index in [0.29, 0.717) is 36.5 Å². The molecule has 0 radical (unpaired) electrons. The third kappa shape index (κ3) is 5.93. The Hall–Kier alpha value is -2.61. The molecule has 156 valence electrons. The molecule has 3 rings (SSSR count). The highest BCUT2D eigenvalue weighted by Gasteiger charge is 2.29. The zero-order chi connectivity index (χ0) is 20.6. The maximum absolute atomic E-state index is 12.4. The molecule has 7 heteroatoms. The lowest BCUT2D eigenvalue weighted by molar-refractivity contribution is -0.210. The Bertz CT molecular complexity index is 793. The topological polar surface area (TPSA) is 83.5 Å².